The summed E-state index contributed by atoms with van der Waals surface area (Å²) in [5.74, 6) is -0.409. The lowest BCUT2D eigenvalue weighted by molar-refractivity contribution is -0.0500. The van der Waals surface area contributed by atoms with E-state index in [0.29, 0.717) is 5.56 Å². The summed E-state index contributed by atoms with van der Waals surface area (Å²) in [4.78, 5) is 0. The molecule has 32 heavy (non-hydrogen) atoms. The third kappa shape index (κ3) is 4.68. The number of hydrogen-bond acceptors (Lipinski definition) is 3. The quantitative estimate of drug-likeness (QED) is 0.243. The van der Waals surface area contributed by atoms with E-state index in [0.717, 1.165) is 27.8 Å². The van der Waals surface area contributed by atoms with Gasteiger partial charge in [0, 0.05) is 0 Å². The van der Waals surface area contributed by atoms with Crippen molar-refractivity contribution in [2.75, 3.05) is 0 Å². The van der Waals surface area contributed by atoms with Crippen LogP contribution in [0.25, 0.3) is 33.4 Å². The Hall–Kier alpha value is -3.58. The number of benzene rings is 4. The van der Waals surface area contributed by atoms with Crippen LogP contribution in [-0.4, -0.2) is 13.9 Å². The molecule has 4 aromatic rings. The van der Waals surface area contributed by atoms with Gasteiger partial charge in [0.2, 0.25) is 0 Å². The zero-order valence-corrected chi connectivity index (χ0v) is 17.4. The molecule has 0 aliphatic carbocycles. The maximum absolute atomic E-state index is 12.6. The van der Waals surface area contributed by atoms with Crippen LogP contribution in [0.15, 0.2) is 103 Å². The van der Waals surface area contributed by atoms with Gasteiger partial charge in [-0.3, -0.25) is 0 Å². The molecule has 0 saturated carbocycles. The number of rotatable bonds is 5. The van der Waals surface area contributed by atoms with Crippen molar-refractivity contribution in [3.8, 4) is 39.1 Å². The van der Waals surface area contributed by atoms with Crippen molar-refractivity contribution in [1.29, 1.82) is 0 Å². The van der Waals surface area contributed by atoms with E-state index in [1.807, 2.05) is 72.8 Å². The first kappa shape index (κ1) is 21.6. The summed E-state index contributed by atoms with van der Waals surface area (Å²) >= 11 is 0. The summed E-state index contributed by atoms with van der Waals surface area (Å²) in [6, 6.07) is 31.1. The van der Waals surface area contributed by atoms with E-state index < -0.39 is 21.4 Å². The van der Waals surface area contributed by atoms with Crippen molar-refractivity contribution in [3.63, 3.8) is 0 Å². The lowest BCUT2D eigenvalue weighted by Gasteiger charge is -2.12. The minimum Gasteiger partial charge on any atom is -0.376 e. The van der Waals surface area contributed by atoms with Crippen LogP contribution in [-0.2, 0) is 10.1 Å². The average Bonchev–Trinajstić information content (AvgIpc) is 2.79. The van der Waals surface area contributed by atoms with E-state index in [1.54, 1.807) is 0 Å². The molecule has 0 radical (unpaired) electrons. The Morgan fingerprint density at radius 3 is 1.28 bits per heavy atom. The molecule has 0 atom stereocenters. The van der Waals surface area contributed by atoms with Crippen LogP contribution in [0.1, 0.15) is 0 Å². The van der Waals surface area contributed by atoms with Gasteiger partial charge in [0.1, 0.15) is 5.75 Å². The molecule has 0 aliphatic heterocycles. The summed E-state index contributed by atoms with van der Waals surface area (Å²) in [5, 5.41) is 0. The summed E-state index contributed by atoms with van der Waals surface area (Å²) in [7, 11) is -5.71. The highest BCUT2D eigenvalue weighted by molar-refractivity contribution is 7.88. The van der Waals surface area contributed by atoms with Gasteiger partial charge in [0.05, 0.1) is 0 Å². The molecule has 0 fully saturated rings. The molecule has 0 aliphatic rings. The van der Waals surface area contributed by atoms with Crippen LogP contribution in [0.3, 0.4) is 0 Å². The molecular weight excluding hydrogens is 437 g/mol. The predicted octanol–water partition coefficient (Wildman–Crippen LogP) is 6.92. The summed E-state index contributed by atoms with van der Waals surface area (Å²) in [6.07, 6.45) is 0. The van der Waals surface area contributed by atoms with E-state index in [2.05, 4.69) is 10.2 Å². The highest BCUT2D eigenvalue weighted by atomic mass is 32.2. The summed E-state index contributed by atoms with van der Waals surface area (Å²) in [5.41, 5.74) is 0.0295. The topological polar surface area (TPSA) is 43.4 Å². The molecule has 0 amide bonds. The van der Waals surface area contributed by atoms with Crippen LogP contribution in [0.2, 0.25) is 0 Å². The van der Waals surface area contributed by atoms with Gasteiger partial charge in [-0.1, -0.05) is 72.8 Å². The van der Waals surface area contributed by atoms with Crippen molar-refractivity contribution in [2.45, 2.75) is 5.51 Å². The first-order valence-corrected chi connectivity index (χ1v) is 11.0. The highest BCUT2D eigenvalue weighted by Crippen LogP contribution is 2.34. The first-order chi connectivity index (χ1) is 15.2. The molecule has 0 unspecified atom stereocenters. The molecule has 4 aromatic carbocycles. The Morgan fingerprint density at radius 1 is 0.531 bits per heavy atom. The smallest absolute Gasteiger partial charge is 0.376 e. The maximum atomic E-state index is 12.6. The Morgan fingerprint density at radius 2 is 0.906 bits per heavy atom. The van der Waals surface area contributed by atoms with E-state index in [1.165, 1.54) is 24.3 Å². The molecule has 0 heterocycles. The fourth-order valence-corrected chi connectivity index (χ4v) is 3.72. The number of hydrogen-bond donors (Lipinski definition) is 0. The Bertz CT molecular complexity index is 1260. The van der Waals surface area contributed by atoms with Gasteiger partial charge in [-0.15, -0.1) is 0 Å². The highest BCUT2D eigenvalue weighted by Gasteiger charge is 2.48. The van der Waals surface area contributed by atoms with Crippen LogP contribution < -0.4 is 4.18 Å². The van der Waals surface area contributed by atoms with Gasteiger partial charge in [-0.05, 0) is 63.7 Å². The van der Waals surface area contributed by atoms with Crippen molar-refractivity contribution >= 4 is 10.1 Å². The van der Waals surface area contributed by atoms with Crippen molar-refractivity contribution in [1.82, 2.24) is 0 Å². The maximum Gasteiger partial charge on any atom is 0.534 e. The third-order valence-corrected chi connectivity index (χ3v) is 5.80. The fourth-order valence-electron chi connectivity index (χ4n) is 3.27. The average molecular weight is 454 g/mol. The van der Waals surface area contributed by atoms with Crippen molar-refractivity contribution < 1.29 is 25.8 Å². The minimum atomic E-state index is -5.71. The van der Waals surface area contributed by atoms with Gasteiger partial charge >= 0.3 is 15.6 Å². The standard InChI is InChI=1S/C25H17F3O3S/c26-25(27,28)32(29,30)31-24-13-11-20(12-14-24)23-16-21(18-7-3-1-4-8-18)15-22(17-23)19-9-5-2-6-10-19/h1-17H. The molecule has 3 nitrogen and oxygen atoms in total. The lowest BCUT2D eigenvalue weighted by Crippen LogP contribution is -2.28. The Balaban J connectivity index is 1.74. The molecule has 162 valence electrons. The largest absolute Gasteiger partial charge is 0.534 e. The van der Waals surface area contributed by atoms with E-state index >= 15 is 0 Å². The van der Waals surface area contributed by atoms with Crippen LogP contribution in [0.5, 0.6) is 5.75 Å². The SMILES string of the molecule is O=S(=O)(Oc1ccc(-c2cc(-c3ccccc3)cc(-c3ccccc3)c2)cc1)C(F)(F)F. The molecule has 0 aromatic heterocycles. The van der Waals surface area contributed by atoms with Gasteiger partial charge in [0.15, 0.2) is 0 Å². The molecule has 0 bridgehead atoms. The van der Waals surface area contributed by atoms with Gasteiger partial charge in [0.25, 0.3) is 0 Å². The van der Waals surface area contributed by atoms with E-state index in [9.17, 15) is 21.6 Å². The number of alkyl halides is 3. The van der Waals surface area contributed by atoms with Gasteiger partial charge in [-0.2, -0.15) is 21.6 Å². The van der Waals surface area contributed by atoms with Crippen LogP contribution in [0.4, 0.5) is 13.2 Å². The molecule has 0 N–H and O–H groups in total. The molecule has 0 saturated heterocycles. The monoisotopic (exact) mass is 454 g/mol. The van der Waals surface area contributed by atoms with E-state index in [-0.39, 0.29) is 0 Å². The summed E-state index contributed by atoms with van der Waals surface area (Å²) < 4.78 is 64.3. The minimum absolute atomic E-state index is 0.409. The predicted molar refractivity (Wildman–Crippen MR) is 118 cm³/mol. The Labute approximate surface area is 183 Å². The Kier molecular flexibility index (Phi) is 5.76. The lowest BCUT2D eigenvalue weighted by atomic mass is 9.93. The second-order valence-electron chi connectivity index (χ2n) is 7.04. The zero-order valence-electron chi connectivity index (χ0n) is 16.6. The van der Waals surface area contributed by atoms with Crippen molar-refractivity contribution in [2.24, 2.45) is 0 Å². The molecular formula is C25H17F3O3S. The zero-order chi connectivity index (χ0) is 22.8. The van der Waals surface area contributed by atoms with Crippen LogP contribution in [0, 0.1) is 0 Å². The number of halogens is 3. The summed E-state index contributed by atoms with van der Waals surface area (Å²) in [6.45, 7) is 0. The van der Waals surface area contributed by atoms with Crippen LogP contribution >= 0.6 is 0 Å². The first-order valence-electron chi connectivity index (χ1n) is 9.60. The second kappa shape index (κ2) is 8.51. The van der Waals surface area contributed by atoms with Gasteiger partial charge < -0.3 is 4.18 Å². The molecule has 4 rings (SSSR count). The molecule has 0 spiro atoms. The van der Waals surface area contributed by atoms with Crippen molar-refractivity contribution in [3.05, 3.63) is 103 Å². The van der Waals surface area contributed by atoms with E-state index in [4.69, 9.17) is 0 Å². The molecule has 7 heteroatoms. The third-order valence-electron chi connectivity index (χ3n) is 4.82. The normalized spacial score (nSPS) is 11.8. The van der Waals surface area contributed by atoms with Gasteiger partial charge in [-0.25, -0.2) is 0 Å². The fraction of sp³-hybridized carbons (Fsp3) is 0.0400. The second-order valence-corrected chi connectivity index (χ2v) is 8.58.